The summed E-state index contributed by atoms with van der Waals surface area (Å²) in [5, 5.41) is 5.81. The van der Waals surface area contributed by atoms with E-state index >= 15 is 0 Å². The summed E-state index contributed by atoms with van der Waals surface area (Å²) < 4.78 is 5.01. The minimum Gasteiger partial charge on any atom is -0.385 e. The Labute approximate surface area is 149 Å². The minimum atomic E-state index is -0.229. The molecular formula is C19H29N3O3. The van der Waals surface area contributed by atoms with E-state index < -0.39 is 0 Å². The molecular weight excluding hydrogens is 318 g/mol. The summed E-state index contributed by atoms with van der Waals surface area (Å²) in [5.41, 5.74) is 2.29. The molecule has 0 aliphatic carbocycles. The number of hydrogen-bond donors (Lipinski definition) is 2. The van der Waals surface area contributed by atoms with Crippen LogP contribution >= 0.6 is 0 Å². The largest absolute Gasteiger partial charge is 0.385 e. The lowest BCUT2D eigenvalue weighted by Crippen LogP contribution is -2.40. The lowest BCUT2D eigenvalue weighted by Gasteiger charge is -2.18. The Morgan fingerprint density at radius 1 is 1.20 bits per heavy atom. The Hall–Kier alpha value is -2.08. The Morgan fingerprint density at radius 2 is 1.92 bits per heavy atom. The van der Waals surface area contributed by atoms with Gasteiger partial charge in [0.05, 0.1) is 5.92 Å². The number of amides is 3. The van der Waals surface area contributed by atoms with Gasteiger partial charge in [-0.25, -0.2) is 4.79 Å². The van der Waals surface area contributed by atoms with Crippen LogP contribution in [0.2, 0.25) is 0 Å². The van der Waals surface area contributed by atoms with E-state index in [9.17, 15) is 9.59 Å². The van der Waals surface area contributed by atoms with Crippen LogP contribution in [-0.4, -0.2) is 56.7 Å². The molecule has 25 heavy (non-hydrogen) atoms. The van der Waals surface area contributed by atoms with Crippen LogP contribution < -0.4 is 10.6 Å². The predicted octanol–water partition coefficient (Wildman–Crippen LogP) is 1.89. The van der Waals surface area contributed by atoms with Crippen molar-refractivity contribution in [3.63, 3.8) is 0 Å². The molecule has 138 valence electrons. The number of aryl methyl sites for hydroxylation is 1. The zero-order valence-electron chi connectivity index (χ0n) is 15.4. The van der Waals surface area contributed by atoms with Gasteiger partial charge in [0.25, 0.3) is 0 Å². The molecule has 1 aliphatic heterocycles. The Kier molecular flexibility index (Phi) is 7.25. The van der Waals surface area contributed by atoms with Crippen molar-refractivity contribution >= 4 is 11.9 Å². The molecule has 1 heterocycles. The zero-order valence-corrected chi connectivity index (χ0v) is 15.4. The molecule has 1 saturated heterocycles. The normalized spacial score (nSPS) is 19.7. The van der Waals surface area contributed by atoms with Crippen molar-refractivity contribution in [3.8, 4) is 0 Å². The Morgan fingerprint density at radius 3 is 2.56 bits per heavy atom. The lowest BCUT2D eigenvalue weighted by atomic mass is 9.88. The van der Waals surface area contributed by atoms with E-state index in [2.05, 4.69) is 34.9 Å². The van der Waals surface area contributed by atoms with E-state index in [0.717, 1.165) is 12.0 Å². The van der Waals surface area contributed by atoms with Gasteiger partial charge < -0.3 is 20.3 Å². The summed E-state index contributed by atoms with van der Waals surface area (Å²) in [5.74, 6) is -0.202. The maximum Gasteiger partial charge on any atom is 0.317 e. The van der Waals surface area contributed by atoms with Gasteiger partial charge in [0.2, 0.25) is 5.91 Å². The second kappa shape index (κ2) is 9.42. The van der Waals surface area contributed by atoms with Crippen molar-refractivity contribution < 1.29 is 14.3 Å². The van der Waals surface area contributed by atoms with Crippen LogP contribution in [0, 0.1) is 12.8 Å². The number of rotatable bonds is 7. The van der Waals surface area contributed by atoms with Crippen molar-refractivity contribution in [1.29, 1.82) is 0 Å². The van der Waals surface area contributed by atoms with Crippen molar-refractivity contribution in [1.82, 2.24) is 15.5 Å². The number of carbonyl (C=O) groups excluding carboxylic acids is 2. The fourth-order valence-corrected chi connectivity index (χ4v) is 3.21. The average Bonchev–Trinajstić information content (AvgIpc) is 3.05. The fraction of sp³-hybridized carbons (Fsp3) is 0.579. The topological polar surface area (TPSA) is 70.7 Å². The zero-order chi connectivity index (χ0) is 18.2. The molecule has 0 spiro atoms. The second-order valence-corrected chi connectivity index (χ2v) is 6.50. The molecule has 6 nitrogen and oxygen atoms in total. The monoisotopic (exact) mass is 347 g/mol. The highest BCUT2D eigenvalue weighted by atomic mass is 16.5. The third-order valence-corrected chi connectivity index (χ3v) is 4.60. The molecule has 6 heteroatoms. The first kappa shape index (κ1) is 19.2. The first-order valence-corrected chi connectivity index (χ1v) is 8.92. The predicted molar refractivity (Wildman–Crippen MR) is 97.6 cm³/mol. The summed E-state index contributed by atoms with van der Waals surface area (Å²) in [6, 6.07) is 8.13. The standard InChI is InChI=1S/C19H29N3O3/c1-4-20-19(24)22-12-16(15-8-6-14(2)7-9-15)17(13-22)18(23)21-10-5-11-25-3/h6-9,16-17H,4-5,10-13H2,1-3H3,(H,20,24)(H,21,23)/t16-,17+/m1/s1. The minimum absolute atomic E-state index is 0.00785. The van der Waals surface area contributed by atoms with Gasteiger partial charge in [-0.15, -0.1) is 0 Å². The van der Waals surface area contributed by atoms with Gasteiger partial charge in [-0.1, -0.05) is 29.8 Å². The van der Waals surface area contributed by atoms with Gasteiger partial charge in [0.15, 0.2) is 0 Å². The summed E-state index contributed by atoms with van der Waals surface area (Å²) in [6.07, 6.45) is 0.782. The Bertz CT molecular complexity index is 574. The van der Waals surface area contributed by atoms with Crippen LogP contribution in [0.15, 0.2) is 24.3 Å². The molecule has 0 saturated carbocycles. The molecule has 1 aromatic carbocycles. The summed E-state index contributed by atoms with van der Waals surface area (Å²) in [7, 11) is 1.65. The van der Waals surface area contributed by atoms with E-state index in [1.54, 1.807) is 12.0 Å². The van der Waals surface area contributed by atoms with E-state index in [1.165, 1.54) is 5.56 Å². The van der Waals surface area contributed by atoms with Crippen LogP contribution in [0.3, 0.4) is 0 Å². The van der Waals surface area contributed by atoms with Crippen LogP contribution in [0.4, 0.5) is 4.79 Å². The molecule has 0 bridgehead atoms. The molecule has 1 fully saturated rings. The molecule has 3 amide bonds. The molecule has 2 rings (SSSR count). The number of nitrogens with one attached hydrogen (secondary N) is 2. The first-order chi connectivity index (χ1) is 12.1. The number of urea groups is 1. The SMILES string of the molecule is CCNC(=O)N1C[C@H](C(=O)NCCCOC)[C@@H](c2ccc(C)cc2)C1. The summed E-state index contributed by atoms with van der Waals surface area (Å²) >= 11 is 0. The Balaban J connectivity index is 2.09. The number of nitrogens with zero attached hydrogens (tertiary/aromatic N) is 1. The van der Waals surface area contributed by atoms with Crippen LogP contribution in [0.1, 0.15) is 30.4 Å². The molecule has 0 unspecified atom stereocenters. The fourth-order valence-electron chi connectivity index (χ4n) is 3.21. The van der Waals surface area contributed by atoms with Gasteiger partial charge in [0, 0.05) is 45.8 Å². The van der Waals surface area contributed by atoms with Crippen LogP contribution in [0.25, 0.3) is 0 Å². The number of ether oxygens (including phenoxy) is 1. The number of benzene rings is 1. The van der Waals surface area contributed by atoms with E-state index in [0.29, 0.717) is 32.8 Å². The van der Waals surface area contributed by atoms with E-state index in [1.807, 2.05) is 13.8 Å². The van der Waals surface area contributed by atoms with Gasteiger partial charge in [-0.3, -0.25) is 4.79 Å². The highest BCUT2D eigenvalue weighted by Gasteiger charge is 2.40. The molecule has 0 aromatic heterocycles. The van der Waals surface area contributed by atoms with Crippen molar-refractivity contribution in [2.24, 2.45) is 5.92 Å². The smallest absolute Gasteiger partial charge is 0.317 e. The van der Waals surface area contributed by atoms with Crippen molar-refractivity contribution in [2.45, 2.75) is 26.2 Å². The van der Waals surface area contributed by atoms with E-state index in [4.69, 9.17) is 4.74 Å². The summed E-state index contributed by atoms with van der Waals surface area (Å²) in [6.45, 7) is 6.73. The van der Waals surface area contributed by atoms with Crippen molar-refractivity contribution in [2.75, 3.05) is 39.9 Å². The summed E-state index contributed by atoms with van der Waals surface area (Å²) in [4.78, 5) is 26.6. The maximum atomic E-state index is 12.7. The number of methoxy groups -OCH3 is 1. The highest BCUT2D eigenvalue weighted by Crippen LogP contribution is 2.33. The lowest BCUT2D eigenvalue weighted by molar-refractivity contribution is -0.124. The number of hydrogen-bond acceptors (Lipinski definition) is 3. The molecule has 1 aliphatic rings. The average molecular weight is 347 g/mol. The molecule has 1 aromatic rings. The molecule has 0 radical (unpaired) electrons. The van der Waals surface area contributed by atoms with E-state index in [-0.39, 0.29) is 23.8 Å². The third kappa shape index (κ3) is 5.19. The quantitative estimate of drug-likeness (QED) is 0.740. The highest BCUT2D eigenvalue weighted by molar-refractivity contribution is 5.82. The van der Waals surface area contributed by atoms with Gasteiger partial charge in [-0.05, 0) is 25.8 Å². The van der Waals surface area contributed by atoms with Gasteiger partial charge in [-0.2, -0.15) is 0 Å². The van der Waals surface area contributed by atoms with Crippen LogP contribution in [-0.2, 0) is 9.53 Å². The first-order valence-electron chi connectivity index (χ1n) is 8.92. The number of carbonyl (C=O) groups is 2. The molecule has 2 N–H and O–H groups in total. The van der Waals surface area contributed by atoms with Crippen molar-refractivity contribution in [3.05, 3.63) is 35.4 Å². The second-order valence-electron chi connectivity index (χ2n) is 6.50. The van der Waals surface area contributed by atoms with Gasteiger partial charge >= 0.3 is 6.03 Å². The van der Waals surface area contributed by atoms with Crippen LogP contribution in [0.5, 0.6) is 0 Å². The van der Waals surface area contributed by atoms with Gasteiger partial charge in [0.1, 0.15) is 0 Å². The maximum absolute atomic E-state index is 12.7. The molecule has 2 atom stereocenters. The third-order valence-electron chi connectivity index (χ3n) is 4.60. The number of likely N-dealkylation sites (tertiary alicyclic amines) is 1.